The molecule has 27 heavy (non-hydrogen) atoms. The standard InChI is InChI=1S/C17H24N3O6P/c1-17(2,3)26-16(22)19-13(12-9-7-6-8-10-12)11-14(21)15(20-18)27(23,24-4)25-5/h6-10,13H,11H2,1-5H3,(H-,19,21,22,23)/p+1/t13-/m1/s1. The molecule has 1 atom stereocenters. The third kappa shape index (κ3) is 6.68. The topological polar surface area (TPSA) is 122 Å². The molecular formula is C17H25N3O6P+. The predicted molar refractivity (Wildman–Crippen MR) is 99.5 cm³/mol. The van der Waals surface area contributed by atoms with Gasteiger partial charge in [0.05, 0.1) is 6.04 Å². The van der Waals surface area contributed by atoms with E-state index in [2.05, 4.69) is 10.3 Å². The van der Waals surface area contributed by atoms with Gasteiger partial charge in [-0.3, -0.25) is 0 Å². The van der Waals surface area contributed by atoms with Crippen LogP contribution in [0.25, 0.3) is 4.98 Å². The highest BCUT2D eigenvalue weighted by molar-refractivity contribution is 7.58. The first-order valence-corrected chi connectivity index (χ1v) is 9.64. The van der Waals surface area contributed by atoms with Crippen molar-refractivity contribution < 1.29 is 28.3 Å². The molecule has 0 saturated heterocycles. The Hall–Kier alpha value is -2.40. The fourth-order valence-electron chi connectivity index (χ4n) is 2.19. The lowest BCUT2D eigenvalue weighted by Gasteiger charge is -2.23. The number of nitrogens with one attached hydrogen (secondary N) is 1. The van der Waals surface area contributed by atoms with E-state index < -0.39 is 36.5 Å². The summed E-state index contributed by atoms with van der Waals surface area (Å²) in [6, 6.07) is 8.02. The van der Waals surface area contributed by atoms with Crippen molar-refractivity contribution in [1.82, 2.24) is 5.32 Å². The van der Waals surface area contributed by atoms with Crippen LogP contribution in [0, 0.1) is 5.39 Å². The van der Waals surface area contributed by atoms with Gasteiger partial charge in [0.15, 0.2) is 10.7 Å². The van der Waals surface area contributed by atoms with E-state index in [0.717, 1.165) is 14.2 Å². The summed E-state index contributed by atoms with van der Waals surface area (Å²) in [6.45, 7) is 5.16. The van der Waals surface area contributed by atoms with Gasteiger partial charge in [0.25, 0.3) is 0 Å². The molecular weight excluding hydrogens is 373 g/mol. The van der Waals surface area contributed by atoms with Crippen molar-refractivity contribution in [1.29, 1.82) is 5.39 Å². The molecule has 0 aromatic heterocycles. The third-order valence-electron chi connectivity index (χ3n) is 3.38. The van der Waals surface area contributed by atoms with E-state index in [9.17, 15) is 19.9 Å². The zero-order chi connectivity index (χ0) is 20.7. The maximum atomic E-state index is 12.4. The lowest BCUT2D eigenvalue weighted by Crippen LogP contribution is -2.35. The quantitative estimate of drug-likeness (QED) is 0.387. The van der Waals surface area contributed by atoms with Gasteiger partial charge in [0.2, 0.25) is 5.39 Å². The van der Waals surface area contributed by atoms with E-state index in [4.69, 9.17) is 13.8 Å². The molecule has 0 spiro atoms. The van der Waals surface area contributed by atoms with Gasteiger partial charge in [-0.05, 0) is 26.3 Å². The number of alkyl carbamates (subject to hydrolysis) is 1. The average molecular weight is 398 g/mol. The number of benzene rings is 1. The lowest BCUT2D eigenvalue weighted by atomic mass is 10.0. The van der Waals surface area contributed by atoms with Crippen molar-refractivity contribution >= 4 is 13.7 Å². The Bertz CT molecular complexity index is 759. The van der Waals surface area contributed by atoms with Crippen molar-refractivity contribution in [3.63, 3.8) is 0 Å². The third-order valence-corrected chi connectivity index (χ3v) is 5.21. The van der Waals surface area contributed by atoms with Crippen LogP contribution in [0.3, 0.4) is 0 Å². The van der Waals surface area contributed by atoms with Gasteiger partial charge < -0.3 is 24.2 Å². The van der Waals surface area contributed by atoms with Crippen LogP contribution in [0.5, 0.6) is 0 Å². The van der Waals surface area contributed by atoms with Crippen molar-refractivity contribution in [2.75, 3.05) is 14.2 Å². The first-order valence-electron chi connectivity index (χ1n) is 8.10. The van der Waals surface area contributed by atoms with Gasteiger partial charge in [0.1, 0.15) is 5.60 Å². The van der Waals surface area contributed by atoms with E-state index >= 15 is 0 Å². The Morgan fingerprint density at radius 2 is 1.81 bits per heavy atom. The number of carbonyl (C=O) groups excluding carboxylic acids is 1. The van der Waals surface area contributed by atoms with Crippen molar-refractivity contribution in [2.45, 2.75) is 38.8 Å². The molecule has 0 aliphatic rings. The van der Waals surface area contributed by atoms with Crippen LogP contribution in [0.2, 0.25) is 0 Å². The number of amides is 1. The summed E-state index contributed by atoms with van der Waals surface area (Å²) in [5, 5.41) is 22.2. The number of hydrogen-bond acceptors (Lipinski definition) is 7. The van der Waals surface area contributed by atoms with Gasteiger partial charge >= 0.3 is 19.1 Å². The molecule has 0 fully saturated rings. The number of hydrogen-bond donors (Lipinski definition) is 2. The minimum absolute atomic E-state index is 0.237. The maximum Gasteiger partial charge on any atom is 0.507 e. The number of carbonyl (C=O) groups is 1. The summed E-state index contributed by atoms with van der Waals surface area (Å²) >= 11 is 0. The van der Waals surface area contributed by atoms with Gasteiger partial charge in [-0.15, -0.1) is 0 Å². The van der Waals surface area contributed by atoms with Crippen LogP contribution in [-0.2, 0) is 18.3 Å². The molecule has 2 N–H and O–H groups in total. The van der Waals surface area contributed by atoms with E-state index in [1.807, 2.05) is 0 Å². The molecule has 0 aliphatic carbocycles. The molecule has 148 valence electrons. The van der Waals surface area contributed by atoms with Crippen LogP contribution >= 0.6 is 7.60 Å². The van der Waals surface area contributed by atoms with Crippen molar-refractivity contribution in [2.24, 2.45) is 0 Å². The summed E-state index contributed by atoms with van der Waals surface area (Å²) in [6.07, 6.45) is -0.937. The SMILES string of the molecule is COP(=O)(OC)/C([N+]#N)=C(\O)C[C@@H](NC(=O)OC(C)(C)C)c1ccccc1. The summed E-state index contributed by atoms with van der Waals surface area (Å²) < 4.78 is 27.2. The number of aliphatic hydroxyl groups excluding tert-OH is 1. The second-order valence-electron chi connectivity index (χ2n) is 6.55. The molecule has 0 unspecified atom stereocenters. The second kappa shape index (κ2) is 9.51. The monoisotopic (exact) mass is 398 g/mol. The number of rotatable bonds is 7. The first kappa shape index (κ1) is 22.6. The second-order valence-corrected chi connectivity index (χ2v) is 8.70. The van der Waals surface area contributed by atoms with Gasteiger partial charge in [-0.2, -0.15) is 0 Å². The van der Waals surface area contributed by atoms with Crippen LogP contribution in [0.1, 0.15) is 38.8 Å². The number of nitrogens with zero attached hydrogens (tertiary/aromatic N) is 2. The smallest absolute Gasteiger partial charge is 0.505 e. The normalized spacial score (nSPS) is 13.9. The molecule has 0 aliphatic heterocycles. The minimum atomic E-state index is -3.99. The first-order chi connectivity index (χ1) is 12.6. The molecule has 1 rings (SSSR count). The lowest BCUT2D eigenvalue weighted by molar-refractivity contribution is 0.0501. The van der Waals surface area contributed by atoms with E-state index in [0.29, 0.717) is 5.56 Å². The van der Waals surface area contributed by atoms with E-state index in [1.165, 1.54) is 0 Å². The highest BCUT2D eigenvalue weighted by atomic mass is 31.2. The summed E-state index contributed by atoms with van der Waals surface area (Å²) in [7, 11) is -1.81. The fraction of sp³-hybridized carbons (Fsp3) is 0.471. The highest BCUT2D eigenvalue weighted by Gasteiger charge is 2.44. The molecule has 9 nitrogen and oxygen atoms in total. The number of ether oxygens (including phenoxy) is 1. The molecule has 0 radical (unpaired) electrons. The summed E-state index contributed by atoms with van der Waals surface area (Å²) in [5.41, 5.74) is -0.701. The van der Waals surface area contributed by atoms with Crippen LogP contribution in [0.15, 0.2) is 41.5 Å². The zero-order valence-corrected chi connectivity index (χ0v) is 16.9. The largest absolute Gasteiger partial charge is 0.507 e. The molecule has 0 heterocycles. The zero-order valence-electron chi connectivity index (χ0n) is 16.0. The minimum Gasteiger partial charge on any atom is -0.505 e. The number of aliphatic hydroxyl groups is 1. The molecule has 0 saturated carbocycles. The Morgan fingerprint density at radius 1 is 1.26 bits per heavy atom. The fourth-order valence-corrected chi connectivity index (χ4v) is 3.20. The van der Waals surface area contributed by atoms with E-state index in [1.54, 1.807) is 51.1 Å². The van der Waals surface area contributed by atoms with Gasteiger partial charge in [-0.1, -0.05) is 30.3 Å². The highest BCUT2D eigenvalue weighted by Crippen LogP contribution is 2.56. The Kier molecular flexibility index (Phi) is 7.98. The Morgan fingerprint density at radius 3 is 2.26 bits per heavy atom. The Balaban J connectivity index is 3.21. The summed E-state index contributed by atoms with van der Waals surface area (Å²) in [5.74, 6) is -0.561. The van der Waals surface area contributed by atoms with Gasteiger partial charge in [-0.25, -0.2) is 9.36 Å². The number of diazo groups is 1. The van der Waals surface area contributed by atoms with Crippen molar-refractivity contribution in [3.05, 3.63) is 52.1 Å². The molecule has 10 heteroatoms. The molecule has 1 aromatic carbocycles. The maximum absolute atomic E-state index is 12.4. The van der Waals surface area contributed by atoms with E-state index in [-0.39, 0.29) is 6.42 Å². The predicted octanol–water partition coefficient (Wildman–Crippen LogP) is 4.71. The molecule has 1 aromatic rings. The molecule has 1 amide bonds. The van der Waals surface area contributed by atoms with Crippen LogP contribution in [-0.4, -0.2) is 31.0 Å². The van der Waals surface area contributed by atoms with Crippen LogP contribution in [0.4, 0.5) is 4.79 Å². The average Bonchev–Trinajstić information content (AvgIpc) is 2.60. The summed E-state index contributed by atoms with van der Waals surface area (Å²) in [4.78, 5) is 15.0. The van der Waals surface area contributed by atoms with Crippen LogP contribution < -0.4 is 5.32 Å². The van der Waals surface area contributed by atoms with Gasteiger partial charge in [0, 0.05) is 20.6 Å². The Labute approximate surface area is 158 Å². The van der Waals surface area contributed by atoms with Crippen molar-refractivity contribution in [3.8, 4) is 0 Å². The molecule has 0 bridgehead atoms.